The quantitative estimate of drug-likeness (QED) is 0.378. The Kier molecular flexibility index (Phi) is 6.21. The van der Waals surface area contributed by atoms with Crippen LogP contribution >= 0.6 is 0 Å². The van der Waals surface area contributed by atoms with Crippen molar-refractivity contribution < 1.29 is 27.8 Å². The number of methoxy groups -OCH3 is 2. The molecule has 0 radical (unpaired) electrons. The highest BCUT2D eigenvalue weighted by Crippen LogP contribution is 2.37. The maximum Gasteiger partial charge on any atom is 0.323 e. The van der Waals surface area contributed by atoms with Crippen molar-refractivity contribution in [2.24, 2.45) is 0 Å². The number of carbonyl (C=O) groups is 1. The molecule has 4 aromatic rings. The van der Waals surface area contributed by atoms with Crippen LogP contribution in [-0.4, -0.2) is 25.2 Å². The van der Waals surface area contributed by atoms with Crippen LogP contribution in [0.25, 0.3) is 10.9 Å². The number of aromatic nitrogens is 1. The number of urea groups is 1. The SMILES string of the molecule is COc1cc2nccc(Oc3ccc(NC(=O)Nc4ccccc4F)c(F)c3)c2cc1OC. The molecule has 0 spiro atoms. The van der Waals surface area contributed by atoms with E-state index >= 15 is 0 Å². The molecule has 2 amide bonds. The van der Waals surface area contributed by atoms with Gasteiger partial charge in [-0.1, -0.05) is 12.1 Å². The first-order valence-electron chi connectivity index (χ1n) is 9.79. The van der Waals surface area contributed by atoms with Crippen LogP contribution in [0.4, 0.5) is 25.0 Å². The molecular weight excluding hydrogens is 432 g/mol. The van der Waals surface area contributed by atoms with Gasteiger partial charge in [-0.05, 0) is 36.4 Å². The Labute approximate surface area is 187 Å². The number of amides is 2. The van der Waals surface area contributed by atoms with Gasteiger partial charge in [0.15, 0.2) is 11.5 Å². The molecule has 168 valence electrons. The van der Waals surface area contributed by atoms with E-state index in [0.29, 0.717) is 28.2 Å². The van der Waals surface area contributed by atoms with E-state index in [1.54, 1.807) is 30.5 Å². The number of halogens is 2. The highest BCUT2D eigenvalue weighted by molar-refractivity contribution is 6.00. The van der Waals surface area contributed by atoms with Crippen molar-refractivity contribution in [2.45, 2.75) is 0 Å². The number of carbonyl (C=O) groups excluding carboxylic acids is 1. The summed E-state index contributed by atoms with van der Waals surface area (Å²) in [5.41, 5.74) is 0.489. The maximum absolute atomic E-state index is 14.6. The largest absolute Gasteiger partial charge is 0.493 e. The topological polar surface area (TPSA) is 81.7 Å². The lowest BCUT2D eigenvalue weighted by Crippen LogP contribution is -2.20. The van der Waals surface area contributed by atoms with Gasteiger partial charge in [-0.3, -0.25) is 4.98 Å². The molecule has 0 aliphatic rings. The van der Waals surface area contributed by atoms with Gasteiger partial charge in [0, 0.05) is 23.7 Å². The van der Waals surface area contributed by atoms with Crippen LogP contribution < -0.4 is 24.8 Å². The minimum absolute atomic E-state index is 0.0213. The molecule has 0 unspecified atom stereocenters. The van der Waals surface area contributed by atoms with Gasteiger partial charge in [0.1, 0.15) is 23.1 Å². The highest BCUT2D eigenvalue weighted by Gasteiger charge is 2.14. The normalized spacial score (nSPS) is 10.5. The summed E-state index contributed by atoms with van der Waals surface area (Å²) in [4.78, 5) is 16.4. The number of hydrogen-bond acceptors (Lipinski definition) is 5. The van der Waals surface area contributed by atoms with Crippen LogP contribution in [0.3, 0.4) is 0 Å². The number of nitrogens with zero attached hydrogens (tertiary/aromatic N) is 1. The van der Waals surface area contributed by atoms with E-state index in [9.17, 15) is 13.6 Å². The van der Waals surface area contributed by atoms with E-state index in [4.69, 9.17) is 14.2 Å². The molecule has 0 atom stereocenters. The van der Waals surface area contributed by atoms with Crippen molar-refractivity contribution in [1.29, 1.82) is 0 Å². The summed E-state index contributed by atoms with van der Waals surface area (Å²) >= 11 is 0. The first-order chi connectivity index (χ1) is 16.0. The Morgan fingerprint density at radius 2 is 1.52 bits per heavy atom. The van der Waals surface area contributed by atoms with E-state index in [-0.39, 0.29) is 17.1 Å². The summed E-state index contributed by atoms with van der Waals surface area (Å²) in [7, 11) is 3.04. The third-order valence-corrected chi connectivity index (χ3v) is 4.75. The molecule has 0 fully saturated rings. The monoisotopic (exact) mass is 451 g/mol. The van der Waals surface area contributed by atoms with Gasteiger partial charge in [0.25, 0.3) is 0 Å². The van der Waals surface area contributed by atoms with Gasteiger partial charge in [-0.15, -0.1) is 0 Å². The Bertz CT molecular complexity index is 1330. The van der Waals surface area contributed by atoms with E-state index in [1.165, 1.54) is 44.6 Å². The lowest BCUT2D eigenvalue weighted by atomic mass is 10.2. The molecule has 0 saturated heterocycles. The maximum atomic E-state index is 14.6. The molecule has 33 heavy (non-hydrogen) atoms. The summed E-state index contributed by atoms with van der Waals surface area (Å²) in [6, 6.07) is 13.9. The molecule has 0 aliphatic heterocycles. The molecule has 9 heteroatoms. The molecule has 7 nitrogen and oxygen atoms in total. The van der Waals surface area contributed by atoms with Gasteiger partial charge in [0.05, 0.1) is 31.1 Å². The lowest BCUT2D eigenvalue weighted by Gasteiger charge is -2.13. The number of nitrogens with one attached hydrogen (secondary N) is 2. The van der Waals surface area contributed by atoms with Gasteiger partial charge >= 0.3 is 6.03 Å². The second-order valence-electron chi connectivity index (χ2n) is 6.84. The van der Waals surface area contributed by atoms with Crippen LogP contribution in [0, 0.1) is 11.6 Å². The number of rotatable bonds is 6. The number of pyridine rings is 1. The molecule has 0 saturated carbocycles. The zero-order valence-corrected chi connectivity index (χ0v) is 17.7. The number of fused-ring (bicyclic) bond motifs is 1. The zero-order valence-electron chi connectivity index (χ0n) is 17.7. The predicted octanol–water partition coefficient (Wildman–Crippen LogP) is 5.97. The molecule has 0 aliphatic carbocycles. The number of ether oxygens (including phenoxy) is 3. The fourth-order valence-corrected chi connectivity index (χ4v) is 3.16. The lowest BCUT2D eigenvalue weighted by molar-refractivity contribution is 0.262. The first-order valence-corrected chi connectivity index (χ1v) is 9.79. The molecule has 1 aromatic heterocycles. The molecule has 0 bridgehead atoms. The van der Waals surface area contributed by atoms with Crippen LogP contribution in [0.5, 0.6) is 23.0 Å². The number of benzene rings is 3. The van der Waals surface area contributed by atoms with E-state index in [2.05, 4.69) is 15.6 Å². The van der Waals surface area contributed by atoms with Gasteiger partial charge < -0.3 is 24.8 Å². The van der Waals surface area contributed by atoms with E-state index < -0.39 is 17.7 Å². The van der Waals surface area contributed by atoms with Crippen molar-refractivity contribution in [3.8, 4) is 23.0 Å². The minimum atomic E-state index is -0.783. The molecule has 3 aromatic carbocycles. The van der Waals surface area contributed by atoms with Crippen LogP contribution in [0.15, 0.2) is 66.9 Å². The van der Waals surface area contributed by atoms with E-state index in [0.717, 1.165) is 6.07 Å². The fourth-order valence-electron chi connectivity index (χ4n) is 3.16. The highest BCUT2D eigenvalue weighted by atomic mass is 19.1. The summed E-state index contributed by atoms with van der Waals surface area (Å²) in [5, 5.41) is 5.32. The smallest absolute Gasteiger partial charge is 0.323 e. The van der Waals surface area contributed by atoms with Crippen molar-refractivity contribution in [1.82, 2.24) is 4.98 Å². The third-order valence-electron chi connectivity index (χ3n) is 4.75. The van der Waals surface area contributed by atoms with Crippen LogP contribution in [0.1, 0.15) is 0 Å². The molecule has 1 heterocycles. The van der Waals surface area contributed by atoms with Crippen LogP contribution in [0.2, 0.25) is 0 Å². The summed E-state index contributed by atoms with van der Waals surface area (Å²) in [6.07, 6.45) is 1.56. The Morgan fingerprint density at radius 3 is 2.21 bits per heavy atom. The Balaban J connectivity index is 1.53. The van der Waals surface area contributed by atoms with Crippen molar-refractivity contribution in [3.05, 3.63) is 78.5 Å². The van der Waals surface area contributed by atoms with Gasteiger partial charge in [-0.2, -0.15) is 0 Å². The molecule has 2 N–H and O–H groups in total. The summed E-state index contributed by atoms with van der Waals surface area (Å²) < 4.78 is 44.8. The second kappa shape index (κ2) is 9.39. The second-order valence-corrected chi connectivity index (χ2v) is 6.84. The molecular formula is C24H19F2N3O4. The summed E-state index contributed by atoms with van der Waals surface area (Å²) in [6.45, 7) is 0. The standard InChI is InChI=1S/C24H19F2N3O4/c1-31-22-12-15-20(13-23(22)32-2)27-10-9-21(15)33-14-7-8-19(17(26)11-14)29-24(30)28-18-6-4-3-5-16(18)25/h3-13H,1-2H3,(H2,28,29,30). The average molecular weight is 451 g/mol. The first kappa shape index (κ1) is 21.8. The average Bonchev–Trinajstić information content (AvgIpc) is 2.81. The number of para-hydroxylation sites is 1. The summed E-state index contributed by atoms with van der Waals surface area (Å²) in [5.74, 6) is 0.317. The van der Waals surface area contributed by atoms with Gasteiger partial charge in [-0.25, -0.2) is 13.6 Å². The predicted molar refractivity (Wildman–Crippen MR) is 120 cm³/mol. The van der Waals surface area contributed by atoms with Crippen LogP contribution in [-0.2, 0) is 0 Å². The Hall–Kier alpha value is -4.40. The number of hydrogen-bond donors (Lipinski definition) is 2. The minimum Gasteiger partial charge on any atom is -0.493 e. The third kappa shape index (κ3) is 4.77. The molecule has 4 rings (SSSR count). The zero-order chi connectivity index (χ0) is 23.4. The van der Waals surface area contributed by atoms with Crippen molar-refractivity contribution in [2.75, 3.05) is 24.9 Å². The Morgan fingerprint density at radius 1 is 0.818 bits per heavy atom. The van der Waals surface area contributed by atoms with Crippen molar-refractivity contribution in [3.63, 3.8) is 0 Å². The number of anilines is 2. The van der Waals surface area contributed by atoms with E-state index in [1.807, 2.05) is 0 Å². The van der Waals surface area contributed by atoms with Crippen molar-refractivity contribution >= 4 is 28.3 Å². The fraction of sp³-hybridized carbons (Fsp3) is 0.0833. The van der Waals surface area contributed by atoms with Gasteiger partial charge in [0.2, 0.25) is 0 Å².